The molecule has 0 saturated carbocycles. The molecule has 1 amide bonds. The number of H-pyrrole nitrogens is 1. The van der Waals surface area contributed by atoms with Crippen LogP contribution in [-0.2, 0) is 14.8 Å². The molecular weight excluding hydrogens is 581 g/mol. The largest absolute Gasteiger partial charge is 0.381 e. The Morgan fingerprint density at radius 1 is 1.14 bits per heavy atom. The van der Waals surface area contributed by atoms with Crippen LogP contribution in [0.5, 0.6) is 0 Å². The molecule has 1 saturated heterocycles. The van der Waals surface area contributed by atoms with Gasteiger partial charge in [0.25, 0.3) is 21.6 Å². The highest BCUT2D eigenvalue weighted by atomic mass is 32.2. The number of anilines is 4. The molecule has 1 fully saturated rings. The van der Waals surface area contributed by atoms with Gasteiger partial charge in [-0.25, -0.2) is 22.5 Å². The van der Waals surface area contributed by atoms with E-state index in [9.17, 15) is 27.7 Å². The molecule has 4 aromatic rings. The Hall–Kier alpha value is -4.76. The molecular formula is C28H28FN7O6S. The molecule has 6 rings (SSSR count). The molecule has 2 aromatic carbocycles. The number of nitrogens with zero attached hydrogens (tertiary/aromatic N) is 3. The summed E-state index contributed by atoms with van der Waals surface area (Å²) in [6, 6.07) is 13.5. The number of halogens is 1. The Morgan fingerprint density at radius 3 is 2.72 bits per heavy atom. The zero-order chi connectivity index (χ0) is 30.2. The van der Waals surface area contributed by atoms with E-state index in [-0.39, 0.29) is 43.9 Å². The molecule has 2 aliphatic heterocycles. The average Bonchev–Trinajstić information content (AvgIpc) is 3.46. The highest BCUT2D eigenvalue weighted by Gasteiger charge is 2.33. The van der Waals surface area contributed by atoms with Gasteiger partial charge in [0.1, 0.15) is 17.0 Å². The number of sulfonamides is 1. The number of ether oxygens (including phenoxy) is 1. The van der Waals surface area contributed by atoms with Crippen molar-refractivity contribution in [1.29, 1.82) is 0 Å². The van der Waals surface area contributed by atoms with Gasteiger partial charge in [-0.3, -0.25) is 14.9 Å². The van der Waals surface area contributed by atoms with Crippen molar-refractivity contribution in [3.8, 4) is 0 Å². The Balaban J connectivity index is 1.25. The lowest BCUT2D eigenvalue weighted by atomic mass is 9.96. The van der Waals surface area contributed by atoms with E-state index < -0.39 is 37.1 Å². The van der Waals surface area contributed by atoms with E-state index in [4.69, 9.17) is 4.74 Å². The summed E-state index contributed by atoms with van der Waals surface area (Å²) in [7, 11) is -4.53. The monoisotopic (exact) mass is 609 g/mol. The number of rotatable bonds is 8. The van der Waals surface area contributed by atoms with Gasteiger partial charge in [-0.2, -0.15) is 0 Å². The quantitative estimate of drug-likeness (QED) is 0.168. The lowest BCUT2D eigenvalue weighted by Gasteiger charge is -2.32. The minimum atomic E-state index is -4.53. The number of aromatic amines is 1. The molecule has 0 unspecified atom stereocenters. The van der Waals surface area contributed by atoms with Gasteiger partial charge in [0.15, 0.2) is 5.82 Å². The second-order valence-electron chi connectivity index (χ2n) is 10.4. The highest BCUT2D eigenvalue weighted by molar-refractivity contribution is 7.90. The van der Waals surface area contributed by atoms with Crippen LogP contribution in [0, 0.1) is 10.1 Å². The molecule has 2 aromatic heterocycles. The first-order valence-electron chi connectivity index (χ1n) is 13.6. The van der Waals surface area contributed by atoms with Crippen LogP contribution < -0.4 is 20.3 Å². The molecule has 0 radical (unpaired) electrons. The maximum Gasteiger partial charge on any atom is 0.293 e. The van der Waals surface area contributed by atoms with E-state index in [1.165, 1.54) is 12.1 Å². The van der Waals surface area contributed by atoms with Gasteiger partial charge in [0.2, 0.25) is 0 Å². The number of fused-ring (bicyclic) bond motifs is 2. The topological polar surface area (TPSA) is 172 Å². The van der Waals surface area contributed by atoms with Crippen molar-refractivity contribution in [2.75, 3.05) is 48.4 Å². The fraction of sp³-hybridized carbons (Fsp3) is 0.286. The number of amides is 1. The number of carbonyl (C=O) groups excluding carboxylic acids is 1. The van der Waals surface area contributed by atoms with Crippen molar-refractivity contribution >= 4 is 55.5 Å². The number of carbonyl (C=O) groups is 1. The van der Waals surface area contributed by atoms with Crippen molar-refractivity contribution in [3.63, 3.8) is 0 Å². The van der Waals surface area contributed by atoms with Crippen LogP contribution in [0.1, 0.15) is 23.2 Å². The summed E-state index contributed by atoms with van der Waals surface area (Å²) in [5, 5.41) is 18.7. The van der Waals surface area contributed by atoms with Gasteiger partial charge in [0.05, 0.1) is 26.8 Å². The summed E-state index contributed by atoms with van der Waals surface area (Å²) in [6.07, 6.45) is 2.05. The molecule has 4 N–H and O–H groups in total. The standard InChI is InChI=1S/C28H28FN7O6S/c29-28(8-13-42-14-9-28)17-32-21-6-5-19(16-23(21)36(38)39)43(40,41)34-27(37)20-3-1-2-4-22(20)35-12-11-31-26-24(35)15-18-7-10-30-25(18)33-26/h1-7,10,15-16,32H,8-9,11-14,17H2,(H,34,37)(H2,30,31,33). The first-order valence-corrected chi connectivity index (χ1v) is 15.1. The van der Waals surface area contributed by atoms with E-state index in [1.54, 1.807) is 24.4 Å². The second-order valence-corrected chi connectivity index (χ2v) is 12.0. The van der Waals surface area contributed by atoms with Gasteiger partial charge in [-0.15, -0.1) is 0 Å². The molecule has 4 heterocycles. The Bertz CT molecular complexity index is 1820. The summed E-state index contributed by atoms with van der Waals surface area (Å²) < 4.78 is 48.8. The normalized spacial score (nSPS) is 16.3. The third-order valence-corrected chi connectivity index (χ3v) is 8.89. The number of benzene rings is 2. The van der Waals surface area contributed by atoms with Crippen LogP contribution in [0.15, 0.2) is 65.7 Å². The summed E-state index contributed by atoms with van der Waals surface area (Å²) in [4.78, 5) is 33.6. The van der Waals surface area contributed by atoms with Gasteiger partial charge < -0.3 is 25.3 Å². The predicted octanol–water partition coefficient (Wildman–Crippen LogP) is 4.08. The van der Waals surface area contributed by atoms with Crippen molar-refractivity contribution < 1.29 is 27.3 Å². The minimum Gasteiger partial charge on any atom is -0.381 e. The molecule has 0 bridgehead atoms. The third-order valence-electron chi connectivity index (χ3n) is 7.56. The zero-order valence-electron chi connectivity index (χ0n) is 22.8. The number of hydrogen-bond donors (Lipinski definition) is 4. The van der Waals surface area contributed by atoms with Crippen molar-refractivity contribution in [2.45, 2.75) is 23.4 Å². The summed E-state index contributed by atoms with van der Waals surface area (Å²) in [5.74, 6) is -0.296. The molecule has 43 heavy (non-hydrogen) atoms. The van der Waals surface area contributed by atoms with Crippen molar-refractivity contribution in [3.05, 3.63) is 76.5 Å². The molecule has 0 atom stereocenters. The third kappa shape index (κ3) is 5.68. The fourth-order valence-electron chi connectivity index (χ4n) is 5.25. The number of pyridine rings is 1. The SMILES string of the molecule is O=C(NS(=O)(=O)c1ccc(NCC2(F)CCOCC2)c([N+](=O)[O-])c1)c1ccccc1N1CCNc2nc3[nH]ccc3cc21. The number of alkyl halides is 1. The molecule has 2 aliphatic rings. The van der Waals surface area contributed by atoms with Crippen LogP contribution in [0.25, 0.3) is 11.0 Å². The van der Waals surface area contributed by atoms with Crippen molar-refractivity contribution in [2.24, 2.45) is 0 Å². The van der Waals surface area contributed by atoms with Gasteiger partial charge in [-0.05, 0) is 36.4 Å². The lowest BCUT2D eigenvalue weighted by Crippen LogP contribution is -2.38. The number of nitro benzene ring substituents is 1. The number of nitro groups is 1. The lowest BCUT2D eigenvalue weighted by molar-refractivity contribution is -0.384. The van der Waals surface area contributed by atoms with Crippen LogP contribution >= 0.6 is 0 Å². The molecule has 15 heteroatoms. The summed E-state index contributed by atoms with van der Waals surface area (Å²) in [5.41, 5.74) is -0.227. The first kappa shape index (κ1) is 28.4. The van der Waals surface area contributed by atoms with Gasteiger partial charge >= 0.3 is 0 Å². The smallest absolute Gasteiger partial charge is 0.293 e. The van der Waals surface area contributed by atoms with Crippen LogP contribution in [0.2, 0.25) is 0 Å². The van der Waals surface area contributed by atoms with E-state index in [0.717, 1.165) is 23.2 Å². The van der Waals surface area contributed by atoms with E-state index >= 15 is 0 Å². The average molecular weight is 610 g/mol. The van der Waals surface area contributed by atoms with Crippen LogP contribution in [-0.4, -0.2) is 67.7 Å². The van der Waals surface area contributed by atoms with Crippen LogP contribution in [0.3, 0.4) is 0 Å². The van der Waals surface area contributed by atoms with Gasteiger partial charge in [-0.1, -0.05) is 12.1 Å². The van der Waals surface area contributed by atoms with E-state index in [1.807, 2.05) is 21.8 Å². The zero-order valence-corrected chi connectivity index (χ0v) is 23.6. The number of para-hydroxylation sites is 1. The molecule has 0 aliphatic carbocycles. The second kappa shape index (κ2) is 11.1. The number of aromatic nitrogens is 2. The number of nitrogens with one attached hydrogen (secondary N) is 4. The maximum atomic E-state index is 15.0. The molecule has 224 valence electrons. The number of hydrogen-bond acceptors (Lipinski definition) is 10. The minimum absolute atomic E-state index is 0.0355. The Morgan fingerprint density at radius 2 is 1.93 bits per heavy atom. The molecule has 13 nitrogen and oxygen atoms in total. The molecule has 0 spiro atoms. The van der Waals surface area contributed by atoms with E-state index in [0.29, 0.717) is 30.2 Å². The highest BCUT2D eigenvalue weighted by Crippen LogP contribution is 2.37. The predicted molar refractivity (Wildman–Crippen MR) is 158 cm³/mol. The Kier molecular flexibility index (Phi) is 7.35. The first-order chi connectivity index (χ1) is 20.6. The van der Waals surface area contributed by atoms with E-state index in [2.05, 4.69) is 20.6 Å². The maximum absolute atomic E-state index is 15.0. The fourth-order valence-corrected chi connectivity index (χ4v) is 6.23. The summed E-state index contributed by atoms with van der Waals surface area (Å²) >= 11 is 0. The summed E-state index contributed by atoms with van der Waals surface area (Å²) in [6.45, 7) is 1.30. The van der Waals surface area contributed by atoms with Crippen LogP contribution in [0.4, 0.5) is 33.0 Å². The Labute approximate surface area is 245 Å². The van der Waals surface area contributed by atoms with Gasteiger partial charge in [0, 0.05) is 63.3 Å². The van der Waals surface area contributed by atoms with Crippen molar-refractivity contribution in [1.82, 2.24) is 14.7 Å².